The zero-order chi connectivity index (χ0) is 28.8. The molecule has 5 heterocycles. The van der Waals surface area contributed by atoms with Crippen LogP contribution in [0.4, 0.5) is 4.39 Å². The van der Waals surface area contributed by atoms with Crippen LogP contribution in [-0.2, 0) is 34.7 Å². The second-order valence-corrected chi connectivity index (χ2v) is 11.1. The van der Waals surface area contributed by atoms with Gasteiger partial charge in [0.25, 0.3) is 11.5 Å². The molecule has 0 saturated heterocycles. The minimum Gasteiger partial charge on any atom is -0.458 e. The topological polar surface area (TPSA) is 123 Å². The normalized spacial score (nSPS) is 20.3. The van der Waals surface area contributed by atoms with Crippen LogP contribution in [0.2, 0.25) is 0 Å². The summed E-state index contributed by atoms with van der Waals surface area (Å²) in [6.45, 7) is 5.23. The maximum atomic E-state index is 15.1. The number of hydrogen-bond donors (Lipinski definition) is 2. The highest BCUT2D eigenvalue weighted by atomic mass is 19.1. The lowest BCUT2D eigenvalue weighted by molar-refractivity contribution is -0.172. The van der Waals surface area contributed by atoms with E-state index in [9.17, 15) is 19.5 Å². The molecule has 10 heteroatoms. The molecule has 1 aliphatic carbocycles. The van der Waals surface area contributed by atoms with E-state index < -0.39 is 17.6 Å². The Morgan fingerprint density at radius 1 is 1.22 bits per heavy atom. The Hall–Kier alpha value is -4.44. The monoisotopic (exact) mass is 554 g/mol. The minimum absolute atomic E-state index is 0.0278. The first kappa shape index (κ1) is 25.5. The molecular formula is C31H27FN4O5. The molecule has 0 bridgehead atoms. The van der Waals surface area contributed by atoms with Crippen LogP contribution in [-0.4, -0.2) is 31.5 Å². The highest BCUT2D eigenvalue weighted by Gasteiger charge is 2.46. The second-order valence-electron chi connectivity index (χ2n) is 11.1. The average molecular weight is 555 g/mol. The lowest BCUT2D eigenvalue weighted by Gasteiger charge is -2.31. The van der Waals surface area contributed by atoms with E-state index in [1.165, 1.54) is 6.07 Å². The Morgan fingerprint density at radius 3 is 2.76 bits per heavy atom. The van der Waals surface area contributed by atoms with Gasteiger partial charge < -0.3 is 19.7 Å². The molecule has 3 aliphatic rings. The van der Waals surface area contributed by atoms with Gasteiger partial charge in [-0.2, -0.15) is 0 Å². The van der Waals surface area contributed by atoms with Crippen LogP contribution >= 0.6 is 0 Å². The number of ether oxygens (including phenoxy) is 1. The summed E-state index contributed by atoms with van der Waals surface area (Å²) in [6, 6.07) is 6.09. The molecule has 4 aromatic rings. The van der Waals surface area contributed by atoms with Crippen molar-refractivity contribution in [2.24, 2.45) is 0 Å². The van der Waals surface area contributed by atoms with Crippen molar-refractivity contribution >= 4 is 22.8 Å². The van der Waals surface area contributed by atoms with Crippen molar-refractivity contribution in [2.45, 2.75) is 64.8 Å². The summed E-state index contributed by atoms with van der Waals surface area (Å²) in [5.41, 5.74) is 3.57. The van der Waals surface area contributed by atoms with E-state index in [-0.39, 0.29) is 53.7 Å². The summed E-state index contributed by atoms with van der Waals surface area (Å²) in [5, 5.41) is 15.1. The SMILES string of the molecule is CC[C@@]1(O)C(=O)OCc2c1cc1n(c2=O)Cc2c-1nc1cc(F)c(C)c3c1c2[C@@H](NC(=O)c1ccc(C)cn1)CC3. The van der Waals surface area contributed by atoms with Gasteiger partial charge in [0, 0.05) is 28.8 Å². The molecule has 2 N–H and O–H groups in total. The molecule has 0 fully saturated rings. The Labute approximate surface area is 234 Å². The van der Waals surface area contributed by atoms with Gasteiger partial charge in [-0.3, -0.25) is 14.6 Å². The zero-order valence-corrected chi connectivity index (χ0v) is 22.8. The van der Waals surface area contributed by atoms with Crippen LogP contribution in [0.1, 0.15) is 75.2 Å². The fourth-order valence-corrected chi connectivity index (χ4v) is 6.53. The molecular weight excluding hydrogens is 527 g/mol. The molecule has 7 rings (SSSR count). The summed E-state index contributed by atoms with van der Waals surface area (Å²) in [7, 11) is 0. The van der Waals surface area contributed by atoms with Gasteiger partial charge in [0.05, 0.1) is 35.1 Å². The van der Waals surface area contributed by atoms with Crippen LogP contribution < -0.4 is 10.9 Å². The van der Waals surface area contributed by atoms with E-state index in [4.69, 9.17) is 9.72 Å². The van der Waals surface area contributed by atoms with Gasteiger partial charge in [-0.1, -0.05) is 13.0 Å². The van der Waals surface area contributed by atoms with E-state index in [0.717, 1.165) is 27.6 Å². The number of aryl methyl sites for hydroxylation is 2. The Bertz CT molecular complexity index is 1900. The number of cyclic esters (lactones) is 1. The van der Waals surface area contributed by atoms with Gasteiger partial charge in [-0.15, -0.1) is 0 Å². The molecule has 1 amide bonds. The summed E-state index contributed by atoms with van der Waals surface area (Å²) in [5.74, 6) is -1.50. The largest absolute Gasteiger partial charge is 0.458 e. The molecule has 9 nitrogen and oxygen atoms in total. The standard InChI is InChI=1S/C31H27FN4O5/c1-4-31(40)19-9-24-27-17(12-36(24)29(38)18(19)13-41-30(31)39)26-21(35-28(37)22-7-5-14(2)11-33-22)8-6-16-15(3)20(32)10-23(34-27)25(16)26/h5,7,9-11,21,40H,4,6,8,12-13H2,1-3H3,(H,35,37)/t21-,31-/m0/s1. The number of nitrogens with zero attached hydrogens (tertiary/aromatic N) is 3. The summed E-state index contributed by atoms with van der Waals surface area (Å²) in [4.78, 5) is 48.7. The number of nitrogens with one attached hydrogen (secondary N) is 1. The van der Waals surface area contributed by atoms with Crippen LogP contribution in [0.15, 0.2) is 35.3 Å². The van der Waals surface area contributed by atoms with Crippen molar-refractivity contribution in [3.05, 3.63) is 91.3 Å². The molecule has 2 aliphatic heterocycles. The van der Waals surface area contributed by atoms with Gasteiger partial charge >= 0.3 is 5.97 Å². The molecule has 208 valence electrons. The predicted molar refractivity (Wildman–Crippen MR) is 147 cm³/mol. The molecule has 3 aromatic heterocycles. The first-order chi connectivity index (χ1) is 19.6. The number of pyridine rings is 3. The first-order valence-electron chi connectivity index (χ1n) is 13.7. The van der Waals surface area contributed by atoms with E-state index in [2.05, 4.69) is 10.3 Å². The van der Waals surface area contributed by atoms with Crippen LogP contribution in [0.25, 0.3) is 22.3 Å². The molecule has 41 heavy (non-hydrogen) atoms. The first-order valence-corrected chi connectivity index (χ1v) is 13.7. The number of benzene rings is 1. The summed E-state index contributed by atoms with van der Waals surface area (Å²) in [6.07, 6.45) is 2.74. The molecule has 1 aromatic carbocycles. The van der Waals surface area contributed by atoms with Gasteiger partial charge in [-0.05, 0) is 67.5 Å². The van der Waals surface area contributed by atoms with Gasteiger partial charge in [0.15, 0.2) is 5.60 Å². The number of hydrogen-bond acceptors (Lipinski definition) is 7. The third-order valence-corrected chi connectivity index (χ3v) is 8.83. The summed E-state index contributed by atoms with van der Waals surface area (Å²) >= 11 is 0. The number of carbonyl (C=O) groups excluding carboxylic acids is 2. The molecule has 0 spiro atoms. The fraction of sp³-hybridized carbons (Fsp3) is 0.323. The molecule has 0 unspecified atom stereocenters. The molecule has 0 radical (unpaired) electrons. The van der Waals surface area contributed by atoms with Gasteiger partial charge in [0.2, 0.25) is 0 Å². The number of fused-ring (bicyclic) bond motifs is 5. The number of aliphatic hydroxyl groups is 1. The number of amides is 1. The van der Waals surface area contributed by atoms with E-state index in [1.807, 2.05) is 13.0 Å². The van der Waals surface area contributed by atoms with Gasteiger partial charge in [0.1, 0.15) is 18.1 Å². The van der Waals surface area contributed by atoms with Crippen molar-refractivity contribution < 1.29 is 23.8 Å². The maximum absolute atomic E-state index is 15.1. The predicted octanol–water partition coefficient (Wildman–Crippen LogP) is 3.65. The van der Waals surface area contributed by atoms with Crippen molar-refractivity contribution in [2.75, 3.05) is 0 Å². The van der Waals surface area contributed by atoms with Crippen molar-refractivity contribution in [3.8, 4) is 11.4 Å². The lowest BCUT2D eigenvalue weighted by atomic mass is 9.81. The third-order valence-electron chi connectivity index (χ3n) is 8.83. The third kappa shape index (κ3) is 3.53. The zero-order valence-electron chi connectivity index (χ0n) is 22.8. The number of carbonyl (C=O) groups is 2. The number of aromatic nitrogens is 3. The maximum Gasteiger partial charge on any atom is 0.343 e. The Morgan fingerprint density at radius 2 is 2.02 bits per heavy atom. The van der Waals surface area contributed by atoms with Crippen molar-refractivity contribution in [1.29, 1.82) is 0 Å². The molecule has 0 saturated carbocycles. The molecule has 2 atom stereocenters. The highest BCUT2D eigenvalue weighted by Crippen LogP contribution is 2.46. The number of rotatable bonds is 3. The Balaban J connectivity index is 1.45. The van der Waals surface area contributed by atoms with Crippen molar-refractivity contribution in [3.63, 3.8) is 0 Å². The number of esters is 1. The summed E-state index contributed by atoms with van der Waals surface area (Å²) < 4.78 is 21.8. The van der Waals surface area contributed by atoms with Crippen LogP contribution in [0.5, 0.6) is 0 Å². The van der Waals surface area contributed by atoms with E-state index in [0.29, 0.717) is 35.3 Å². The average Bonchev–Trinajstić information content (AvgIpc) is 3.33. The van der Waals surface area contributed by atoms with Crippen LogP contribution in [0, 0.1) is 19.7 Å². The lowest BCUT2D eigenvalue weighted by Crippen LogP contribution is -2.44. The number of halogens is 1. The smallest absolute Gasteiger partial charge is 0.343 e. The van der Waals surface area contributed by atoms with E-state index in [1.54, 1.807) is 36.7 Å². The van der Waals surface area contributed by atoms with Crippen LogP contribution in [0.3, 0.4) is 0 Å². The second kappa shape index (κ2) is 8.78. The van der Waals surface area contributed by atoms with Crippen molar-refractivity contribution in [1.82, 2.24) is 19.9 Å². The fourth-order valence-electron chi connectivity index (χ4n) is 6.53. The Kier molecular flexibility index (Phi) is 5.46. The highest BCUT2D eigenvalue weighted by molar-refractivity contribution is 5.96. The van der Waals surface area contributed by atoms with Gasteiger partial charge in [-0.25, -0.2) is 14.2 Å². The minimum atomic E-state index is -1.95. The quantitative estimate of drug-likeness (QED) is 0.327. The van der Waals surface area contributed by atoms with E-state index >= 15 is 4.39 Å².